The van der Waals surface area contributed by atoms with Gasteiger partial charge in [-0.3, -0.25) is 4.98 Å². The number of pyridine rings is 1. The van der Waals surface area contributed by atoms with Crippen molar-refractivity contribution in [3.05, 3.63) is 63.3 Å². The molecule has 1 aromatic heterocycles. The van der Waals surface area contributed by atoms with Gasteiger partial charge in [-0.1, -0.05) is 39.7 Å². The minimum atomic E-state index is 0.144. The molecule has 0 saturated carbocycles. The monoisotopic (exact) mass is 339 g/mol. The molecule has 0 radical (unpaired) electrons. The molecule has 1 atom stereocenters. The molecule has 0 fully saturated rings. The molecule has 0 saturated heterocycles. The van der Waals surface area contributed by atoms with Gasteiger partial charge in [-0.2, -0.15) is 0 Å². The lowest BCUT2D eigenvalue weighted by Crippen LogP contribution is -2.13. The van der Waals surface area contributed by atoms with E-state index < -0.39 is 0 Å². The van der Waals surface area contributed by atoms with Gasteiger partial charge in [0.25, 0.3) is 0 Å². The highest BCUT2D eigenvalue weighted by molar-refractivity contribution is 9.10. The lowest BCUT2D eigenvalue weighted by Gasteiger charge is -2.15. The van der Waals surface area contributed by atoms with Crippen molar-refractivity contribution in [2.75, 3.05) is 6.61 Å². The zero-order valence-electron chi connectivity index (χ0n) is 10.4. The molecule has 2 nitrogen and oxygen atoms in total. The van der Waals surface area contributed by atoms with Gasteiger partial charge in [0.1, 0.15) is 0 Å². The molecule has 0 spiro atoms. The van der Waals surface area contributed by atoms with E-state index in [1.54, 1.807) is 12.4 Å². The molecule has 100 valence electrons. The molecule has 1 aromatic carbocycles. The topological polar surface area (TPSA) is 33.1 Å². The van der Waals surface area contributed by atoms with Crippen LogP contribution in [0.25, 0.3) is 0 Å². The number of halogens is 2. The Bertz CT molecular complexity index is 547. The maximum Gasteiger partial charge on any atom is 0.0621 e. The molecule has 1 N–H and O–H groups in total. The van der Waals surface area contributed by atoms with Crippen molar-refractivity contribution in [2.24, 2.45) is 5.92 Å². The summed E-state index contributed by atoms with van der Waals surface area (Å²) in [5.74, 6) is 0.161. The summed E-state index contributed by atoms with van der Waals surface area (Å²) in [5.41, 5.74) is 2.24. The average Bonchev–Trinajstić information content (AvgIpc) is 2.40. The van der Waals surface area contributed by atoms with Gasteiger partial charge < -0.3 is 5.11 Å². The van der Waals surface area contributed by atoms with Crippen LogP contribution in [-0.2, 0) is 12.8 Å². The van der Waals surface area contributed by atoms with E-state index in [1.807, 2.05) is 18.2 Å². The average molecular weight is 341 g/mol. The van der Waals surface area contributed by atoms with E-state index in [0.717, 1.165) is 22.9 Å². The number of aliphatic hydroxyl groups excluding tert-OH is 1. The van der Waals surface area contributed by atoms with Crippen molar-refractivity contribution < 1.29 is 5.11 Å². The van der Waals surface area contributed by atoms with Crippen LogP contribution in [0.5, 0.6) is 0 Å². The van der Waals surface area contributed by atoms with E-state index in [1.165, 1.54) is 5.56 Å². The van der Waals surface area contributed by atoms with Crippen LogP contribution in [0.2, 0.25) is 5.02 Å². The van der Waals surface area contributed by atoms with Crippen molar-refractivity contribution in [1.82, 2.24) is 4.98 Å². The maximum absolute atomic E-state index is 9.54. The van der Waals surface area contributed by atoms with Gasteiger partial charge in [-0.05, 0) is 48.1 Å². The zero-order chi connectivity index (χ0) is 13.7. The summed E-state index contributed by atoms with van der Waals surface area (Å²) in [4.78, 5) is 3.97. The van der Waals surface area contributed by atoms with E-state index in [-0.39, 0.29) is 12.5 Å². The number of benzene rings is 1. The van der Waals surface area contributed by atoms with Crippen LogP contribution in [0, 0.1) is 5.92 Å². The summed E-state index contributed by atoms with van der Waals surface area (Å²) >= 11 is 9.56. The molecule has 1 unspecified atom stereocenters. The largest absolute Gasteiger partial charge is 0.396 e. The normalized spacial score (nSPS) is 12.4. The summed E-state index contributed by atoms with van der Waals surface area (Å²) in [6.07, 6.45) is 4.96. The van der Waals surface area contributed by atoms with Crippen LogP contribution < -0.4 is 0 Å². The van der Waals surface area contributed by atoms with Gasteiger partial charge in [0.05, 0.1) is 5.02 Å². The minimum absolute atomic E-state index is 0.144. The van der Waals surface area contributed by atoms with Crippen LogP contribution >= 0.6 is 27.5 Å². The van der Waals surface area contributed by atoms with Gasteiger partial charge in [-0.15, -0.1) is 0 Å². The second-order valence-corrected chi connectivity index (χ2v) is 5.88. The SMILES string of the molecule is OCC(Cc1cccc(Br)c1)Cc1ccncc1Cl. The Morgan fingerprint density at radius 2 is 2.11 bits per heavy atom. The summed E-state index contributed by atoms with van der Waals surface area (Å²) in [6.45, 7) is 0.144. The maximum atomic E-state index is 9.54. The third-order valence-corrected chi connectivity index (χ3v) is 3.87. The lowest BCUT2D eigenvalue weighted by atomic mass is 9.94. The molecule has 0 bridgehead atoms. The zero-order valence-corrected chi connectivity index (χ0v) is 12.7. The molecular formula is C15H15BrClNO. The smallest absolute Gasteiger partial charge is 0.0621 e. The van der Waals surface area contributed by atoms with E-state index in [4.69, 9.17) is 11.6 Å². The standard InChI is InChI=1S/C15H15BrClNO/c16-14-3-1-2-11(8-14)6-12(10-19)7-13-4-5-18-9-15(13)17/h1-5,8-9,12,19H,6-7,10H2. The number of aromatic nitrogens is 1. The van der Waals surface area contributed by atoms with Gasteiger partial charge in [-0.25, -0.2) is 0 Å². The van der Waals surface area contributed by atoms with Crippen LogP contribution in [0.1, 0.15) is 11.1 Å². The predicted molar refractivity (Wildman–Crippen MR) is 81.4 cm³/mol. The van der Waals surface area contributed by atoms with Crippen LogP contribution in [0.3, 0.4) is 0 Å². The first kappa shape index (κ1) is 14.5. The first-order chi connectivity index (χ1) is 9.19. The molecule has 4 heteroatoms. The van der Waals surface area contributed by atoms with E-state index in [2.05, 4.69) is 33.0 Å². The van der Waals surface area contributed by atoms with Gasteiger partial charge in [0, 0.05) is 23.5 Å². The van der Waals surface area contributed by atoms with E-state index >= 15 is 0 Å². The first-order valence-corrected chi connectivity index (χ1v) is 7.30. The highest BCUT2D eigenvalue weighted by Gasteiger charge is 2.12. The van der Waals surface area contributed by atoms with Crippen molar-refractivity contribution in [1.29, 1.82) is 0 Å². The van der Waals surface area contributed by atoms with E-state index in [9.17, 15) is 5.11 Å². The number of rotatable bonds is 5. The second-order valence-electron chi connectivity index (χ2n) is 4.55. The number of hydrogen-bond acceptors (Lipinski definition) is 2. The minimum Gasteiger partial charge on any atom is -0.396 e. The Morgan fingerprint density at radius 3 is 2.79 bits per heavy atom. The molecule has 2 rings (SSSR count). The van der Waals surface area contributed by atoms with Crippen molar-refractivity contribution in [3.8, 4) is 0 Å². The van der Waals surface area contributed by atoms with Crippen LogP contribution in [-0.4, -0.2) is 16.7 Å². The Balaban J connectivity index is 2.07. The molecule has 0 aliphatic heterocycles. The number of hydrogen-bond donors (Lipinski definition) is 1. The highest BCUT2D eigenvalue weighted by atomic mass is 79.9. The quantitative estimate of drug-likeness (QED) is 0.895. The van der Waals surface area contributed by atoms with Crippen molar-refractivity contribution >= 4 is 27.5 Å². The number of nitrogens with zero attached hydrogens (tertiary/aromatic N) is 1. The van der Waals surface area contributed by atoms with Gasteiger partial charge >= 0.3 is 0 Å². The van der Waals surface area contributed by atoms with E-state index in [0.29, 0.717) is 5.02 Å². The van der Waals surface area contributed by atoms with Crippen LogP contribution in [0.4, 0.5) is 0 Å². The highest BCUT2D eigenvalue weighted by Crippen LogP contribution is 2.21. The Hall–Kier alpha value is -0.900. The summed E-state index contributed by atoms with van der Waals surface area (Å²) < 4.78 is 1.06. The fourth-order valence-corrected chi connectivity index (χ4v) is 2.72. The van der Waals surface area contributed by atoms with Gasteiger partial charge in [0.2, 0.25) is 0 Å². The fourth-order valence-electron chi connectivity index (χ4n) is 2.08. The Labute approximate surface area is 126 Å². The fraction of sp³-hybridized carbons (Fsp3) is 0.267. The Kier molecular flexibility index (Phi) is 5.37. The molecular weight excluding hydrogens is 326 g/mol. The third-order valence-electron chi connectivity index (χ3n) is 3.04. The second kappa shape index (κ2) is 7.04. The lowest BCUT2D eigenvalue weighted by molar-refractivity contribution is 0.225. The summed E-state index contributed by atoms with van der Waals surface area (Å²) in [5, 5.41) is 10.2. The molecule has 0 aliphatic carbocycles. The van der Waals surface area contributed by atoms with Crippen molar-refractivity contribution in [2.45, 2.75) is 12.8 Å². The molecule has 1 heterocycles. The van der Waals surface area contributed by atoms with Crippen LogP contribution in [0.15, 0.2) is 47.2 Å². The molecule has 0 amide bonds. The number of aliphatic hydroxyl groups is 1. The predicted octanol–water partition coefficient (Wildman–Crippen LogP) is 3.89. The summed E-state index contributed by atoms with van der Waals surface area (Å²) in [6, 6.07) is 10.1. The van der Waals surface area contributed by atoms with Crippen molar-refractivity contribution in [3.63, 3.8) is 0 Å². The molecule has 19 heavy (non-hydrogen) atoms. The summed E-state index contributed by atoms with van der Waals surface area (Å²) in [7, 11) is 0. The Morgan fingerprint density at radius 1 is 1.26 bits per heavy atom. The van der Waals surface area contributed by atoms with Gasteiger partial charge in [0.15, 0.2) is 0 Å². The third kappa shape index (κ3) is 4.30. The molecule has 0 aliphatic rings. The molecule has 2 aromatic rings. The first-order valence-electron chi connectivity index (χ1n) is 6.12.